The highest BCUT2D eigenvalue weighted by molar-refractivity contribution is 6.14. The Kier molecular flexibility index (Phi) is 10.7. The largest absolute Gasteiger partial charge is 0.290 e. The van der Waals surface area contributed by atoms with Crippen LogP contribution in [0.4, 0.5) is 0 Å². The lowest BCUT2D eigenvalue weighted by Crippen LogP contribution is -1.97. The first-order chi connectivity index (χ1) is 6.62. The highest BCUT2D eigenvalue weighted by Gasteiger charge is 1.97. The molecule has 6 nitrogen and oxygen atoms in total. The van der Waals surface area contributed by atoms with E-state index in [4.69, 9.17) is 20.4 Å². The van der Waals surface area contributed by atoms with Gasteiger partial charge in [-0.25, -0.2) is 20.4 Å². The molecular weight excluding hydrogens is 188 g/mol. The molecule has 1 rings (SSSR count). The number of hydrogen-bond acceptors (Lipinski definition) is 6. The maximum absolute atomic E-state index is 10.3. The van der Waals surface area contributed by atoms with Crippen LogP contribution >= 0.6 is 0 Å². The van der Waals surface area contributed by atoms with Crippen molar-refractivity contribution < 1.29 is 19.2 Å². The van der Waals surface area contributed by atoms with Crippen molar-refractivity contribution in [1.29, 1.82) is 10.8 Å². The highest BCUT2D eigenvalue weighted by Crippen LogP contribution is 1.90. The molecule has 1 aliphatic rings. The maximum Gasteiger partial charge on any atom is 0.231 e. The molecule has 0 heterocycles. The minimum absolute atomic E-state index is 0.121. The molecule has 2 N–H and O–H groups in total. The van der Waals surface area contributed by atoms with E-state index in [-0.39, 0.29) is 11.6 Å². The van der Waals surface area contributed by atoms with Gasteiger partial charge in [-0.1, -0.05) is 0 Å². The summed E-state index contributed by atoms with van der Waals surface area (Å²) in [5.74, 6) is -0.241. The molecular formula is C8H6N2O4. The van der Waals surface area contributed by atoms with Crippen molar-refractivity contribution in [2.24, 2.45) is 0 Å². The van der Waals surface area contributed by atoms with E-state index in [1.54, 1.807) is 0 Å². The van der Waals surface area contributed by atoms with E-state index < -0.39 is 0 Å². The van der Waals surface area contributed by atoms with Gasteiger partial charge in [0.15, 0.2) is 11.6 Å². The van der Waals surface area contributed by atoms with Crippen LogP contribution < -0.4 is 0 Å². The van der Waals surface area contributed by atoms with Gasteiger partial charge in [0.25, 0.3) is 0 Å². The summed E-state index contributed by atoms with van der Waals surface area (Å²) >= 11 is 0. The topological polar surface area (TPSA) is 116 Å². The fourth-order valence-corrected chi connectivity index (χ4v) is 0.440. The van der Waals surface area contributed by atoms with Gasteiger partial charge in [0.1, 0.15) is 0 Å². The molecule has 72 valence electrons. The second-order valence-corrected chi connectivity index (χ2v) is 1.68. The Hall–Kier alpha value is -2.42. The van der Waals surface area contributed by atoms with Gasteiger partial charge >= 0.3 is 0 Å². The van der Waals surface area contributed by atoms with Gasteiger partial charge in [-0.05, 0) is 24.3 Å². The summed E-state index contributed by atoms with van der Waals surface area (Å²) in [5.41, 5.74) is 0. The van der Waals surface area contributed by atoms with E-state index in [9.17, 15) is 9.59 Å². The zero-order valence-corrected chi connectivity index (χ0v) is 6.94. The molecule has 6 heteroatoms. The van der Waals surface area contributed by atoms with Crippen LogP contribution in [0.1, 0.15) is 0 Å². The normalized spacial score (nSPS) is 11.1. The number of isocyanates is 2. The van der Waals surface area contributed by atoms with Gasteiger partial charge in [0, 0.05) is 0 Å². The molecule has 0 radical (unpaired) electrons. The van der Waals surface area contributed by atoms with E-state index in [1.807, 2.05) is 0 Å². The second kappa shape index (κ2) is 10.6. The first kappa shape index (κ1) is 14.1. The van der Waals surface area contributed by atoms with Crippen molar-refractivity contribution in [1.82, 2.24) is 0 Å². The van der Waals surface area contributed by atoms with E-state index in [1.165, 1.54) is 24.3 Å². The zero-order valence-electron chi connectivity index (χ0n) is 6.94. The Bertz CT molecular complexity index is 279. The third-order valence-corrected chi connectivity index (χ3v) is 0.824. The predicted molar refractivity (Wildman–Crippen MR) is 45.1 cm³/mol. The van der Waals surface area contributed by atoms with Crippen LogP contribution in [0, 0.1) is 10.8 Å². The van der Waals surface area contributed by atoms with E-state index in [0.29, 0.717) is 0 Å². The molecule has 14 heavy (non-hydrogen) atoms. The Labute approximate surface area is 78.9 Å². The smallest absolute Gasteiger partial charge is 0.231 e. The Morgan fingerprint density at radius 3 is 1.07 bits per heavy atom. The minimum Gasteiger partial charge on any atom is -0.290 e. The van der Waals surface area contributed by atoms with E-state index in [2.05, 4.69) is 0 Å². The first-order valence-electron chi connectivity index (χ1n) is 3.14. The van der Waals surface area contributed by atoms with Crippen molar-refractivity contribution >= 4 is 23.7 Å². The second-order valence-electron chi connectivity index (χ2n) is 1.68. The molecule has 0 aliphatic heterocycles. The van der Waals surface area contributed by atoms with Gasteiger partial charge in [0.05, 0.1) is 0 Å². The van der Waals surface area contributed by atoms with Crippen LogP contribution in [0.25, 0.3) is 0 Å². The zero-order chi connectivity index (χ0) is 11.4. The molecule has 1 aliphatic carbocycles. The summed E-state index contributed by atoms with van der Waals surface area (Å²) in [6.07, 6.45) is 6.51. The Balaban J connectivity index is 0. The van der Waals surface area contributed by atoms with Crippen molar-refractivity contribution in [2.45, 2.75) is 0 Å². The van der Waals surface area contributed by atoms with Crippen molar-refractivity contribution in [3.05, 3.63) is 24.3 Å². The average Bonchev–Trinajstić information content (AvgIpc) is 2.13. The summed E-state index contributed by atoms with van der Waals surface area (Å²) in [6.45, 7) is 0. The fourth-order valence-electron chi connectivity index (χ4n) is 0.440. The van der Waals surface area contributed by atoms with Crippen molar-refractivity contribution in [3.8, 4) is 0 Å². The van der Waals surface area contributed by atoms with Gasteiger partial charge in [-0.3, -0.25) is 9.59 Å². The summed E-state index contributed by atoms with van der Waals surface area (Å²) in [7, 11) is 0. The van der Waals surface area contributed by atoms with Crippen molar-refractivity contribution in [3.63, 3.8) is 0 Å². The van der Waals surface area contributed by atoms with Crippen LogP contribution in [0.15, 0.2) is 24.3 Å². The van der Waals surface area contributed by atoms with Crippen LogP contribution in [0.5, 0.6) is 0 Å². The maximum atomic E-state index is 10.3. The number of allylic oxidation sites excluding steroid dienone is 4. The molecule has 0 aromatic carbocycles. The monoisotopic (exact) mass is 194 g/mol. The quantitative estimate of drug-likeness (QED) is 0.322. The Morgan fingerprint density at radius 2 is 0.929 bits per heavy atom. The first-order valence-corrected chi connectivity index (χ1v) is 3.14. The summed E-state index contributed by atoms with van der Waals surface area (Å²) in [5, 5.41) is 10.8. The highest BCUT2D eigenvalue weighted by atomic mass is 16.1. The number of nitrogens with one attached hydrogen (secondary N) is 2. The number of carbonyl (C=O) groups is 2. The third kappa shape index (κ3) is 12.3. The molecule has 0 aromatic rings. The minimum atomic E-state index is -0.121. The number of ketones is 2. The van der Waals surface area contributed by atoms with Gasteiger partial charge in [-0.2, -0.15) is 0 Å². The van der Waals surface area contributed by atoms with Gasteiger partial charge < -0.3 is 0 Å². The van der Waals surface area contributed by atoms with E-state index >= 15 is 0 Å². The van der Waals surface area contributed by atoms with Gasteiger partial charge in [-0.15, -0.1) is 0 Å². The molecule has 0 amide bonds. The lowest BCUT2D eigenvalue weighted by Gasteiger charge is -1.87. The molecule has 0 atom stereocenters. The standard InChI is InChI=1S/C6H4O2.2CHNO/c7-5-1-2-6(8)4-3-5;2*2-1-3/h1-4H;2*2H. The van der Waals surface area contributed by atoms with Crippen LogP contribution in [-0.2, 0) is 19.2 Å². The van der Waals surface area contributed by atoms with Crippen LogP contribution in [0.3, 0.4) is 0 Å². The molecule has 0 aromatic heterocycles. The predicted octanol–water partition coefficient (Wildman–Crippen LogP) is 0.0525. The Morgan fingerprint density at radius 1 is 0.786 bits per heavy atom. The van der Waals surface area contributed by atoms with Gasteiger partial charge in [0.2, 0.25) is 12.2 Å². The lowest BCUT2D eigenvalue weighted by atomic mass is 10.2. The number of rotatable bonds is 0. The van der Waals surface area contributed by atoms with Crippen LogP contribution in [-0.4, -0.2) is 23.7 Å². The van der Waals surface area contributed by atoms with Crippen molar-refractivity contribution in [2.75, 3.05) is 0 Å². The molecule has 0 bridgehead atoms. The fraction of sp³-hybridized carbons (Fsp3) is 0. The summed E-state index contributed by atoms with van der Waals surface area (Å²) in [4.78, 5) is 37.3. The molecule has 0 saturated heterocycles. The molecule has 0 spiro atoms. The molecule has 0 fully saturated rings. The molecule has 0 saturated carbocycles. The summed E-state index contributed by atoms with van der Waals surface area (Å²) in [6, 6.07) is 0. The number of carbonyl (C=O) groups excluding carboxylic acids is 4. The molecule has 0 unspecified atom stereocenters. The summed E-state index contributed by atoms with van der Waals surface area (Å²) < 4.78 is 0. The number of hydrogen-bond donors (Lipinski definition) is 2. The lowest BCUT2D eigenvalue weighted by molar-refractivity contribution is -0.113. The van der Waals surface area contributed by atoms with E-state index in [0.717, 1.165) is 12.2 Å². The SMILES string of the molecule is N=C=O.N=C=O.O=C1C=CC(=O)C=C1. The third-order valence-electron chi connectivity index (χ3n) is 0.824. The van der Waals surface area contributed by atoms with Crippen LogP contribution in [0.2, 0.25) is 0 Å². The average molecular weight is 194 g/mol.